The average molecular weight is 341 g/mol. The highest BCUT2D eigenvalue weighted by atomic mass is 79.9. The number of nitrogens with two attached hydrogens (primary N) is 1. The van der Waals surface area contributed by atoms with Crippen molar-refractivity contribution in [3.8, 4) is 0 Å². The predicted molar refractivity (Wildman–Crippen MR) is 82.0 cm³/mol. The van der Waals surface area contributed by atoms with E-state index < -0.39 is 0 Å². The van der Waals surface area contributed by atoms with Gasteiger partial charge in [0.05, 0.1) is 6.54 Å². The number of thioether (sulfide) groups is 1. The maximum atomic E-state index is 5.69. The van der Waals surface area contributed by atoms with Gasteiger partial charge in [0.15, 0.2) is 5.16 Å². The number of rotatable bonds is 5. The molecule has 0 radical (unpaired) electrons. The smallest absolute Gasteiger partial charge is 0.191 e. The van der Waals surface area contributed by atoms with Crippen molar-refractivity contribution >= 4 is 27.7 Å². The molecule has 2 N–H and O–H groups in total. The Bertz CT molecular complexity index is 553. The van der Waals surface area contributed by atoms with Gasteiger partial charge in [-0.1, -0.05) is 39.8 Å². The normalized spacial score (nSPS) is 11.2. The van der Waals surface area contributed by atoms with Crippen LogP contribution in [-0.2, 0) is 12.3 Å². The Balaban J connectivity index is 2.13. The summed E-state index contributed by atoms with van der Waals surface area (Å²) in [4.78, 5) is 0. The fraction of sp³-hybridized carbons (Fsp3) is 0.385. The molecular formula is C13H17BrN4S. The lowest BCUT2D eigenvalue weighted by atomic mass is 10.2. The van der Waals surface area contributed by atoms with Crippen LogP contribution in [0.5, 0.6) is 0 Å². The molecular weight excluding hydrogens is 324 g/mol. The Labute approximate surface area is 125 Å². The van der Waals surface area contributed by atoms with Gasteiger partial charge in [-0.05, 0) is 31.5 Å². The van der Waals surface area contributed by atoms with Gasteiger partial charge in [0, 0.05) is 16.3 Å². The zero-order chi connectivity index (χ0) is 13.8. The van der Waals surface area contributed by atoms with Crippen LogP contribution in [0.2, 0.25) is 0 Å². The molecule has 2 aromatic rings. The van der Waals surface area contributed by atoms with Crippen LogP contribution >= 0.6 is 27.7 Å². The van der Waals surface area contributed by atoms with E-state index in [2.05, 4.69) is 56.7 Å². The second-order valence-electron chi connectivity index (χ2n) is 4.49. The van der Waals surface area contributed by atoms with Gasteiger partial charge >= 0.3 is 0 Å². The van der Waals surface area contributed by atoms with Crippen molar-refractivity contribution in [1.82, 2.24) is 14.8 Å². The van der Waals surface area contributed by atoms with Crippen LogP contribution in [0.25, 0.3) is 0 Å². The molecule has 1 heterocycles. The molecule has 2 rings (SSSR count). The summed E-state index contributed by atoms with van der Waals surface area (Å²) in [5, 5.41) is 9.30. The molecule has 1 aromatic carbocycles. The summed E-state index contributed by atoms with van der Waals surface area (Å²) in [6.07, 6.45) is 0. The second kappa shape index (κ2) is 6.54. The molecule has 0 saturated carbocycles. The molecule has 0 amide bonds. The summed E-state index contributed by atoms with van der Waals surface area (Å²) in [6.45, 7) is 4.65. The molecule has 0 bridgehead atoms. The van der Waals surface area contributed by atoms with E-state index in [1.165, 1.54) is 5.56 Å². The van der Waals surface area contributed by atoms with Crippen LogP contribution in [0, 0.1) is 0 Å². The first-order valence-electron chi connectivity index (χ1n) is 6.13. The molecule has 0 unspecified atom stereocenters. The molecule has 0 aliphatic heterocycles. The predicted octanol–water partition coefficient (Wildman–Crippen LogP) is 3.37. The van der Waals surface area contributed by atoms with Gasteiger partial charge in [-0.3, -0.25) is 0 Å². The fourth-order valence-electron chi connectivity index (χ4n) is 1.84. The zero-order valence-electron chi connectivity index (χ0n) is 11.0. The number of hydrogen-bond donors (Lipinski definition) is 1. The van der Waals surface area contributed by atoms with Crippen molar-refractivity contribution < 1.29 is 0 Å². The van der Waals surface area contributed by atoms with Crippen LogP contribution in [-0.4, -0.2) is 14.8 Å². The molecule has 0 fully saturated rings. The van der Waals surface area contributed by atoms with Gasteiger partial charge < -0.3 is 10.3 Å². The van der Waals surface area contributed by atoms with Gasteiger partial charge in [-0.15, -0.1) is 10.2 Å². The average Bonchev–Trinajstić information content (AvgIpc) is 2.79. The molecule has 0 saturated heterocycles. The Morgan fingerprint density at radius 3 is 2.79 bits per heavy atom. The monoisotopic (exact) mass is 340 g/mol. The van der Waals surface area contributed by atoms with Crippen LogP contribution in [0.1, 0.15) is 31.3 Å². The molecule has 6 heteroatoms. The van der Waals surface area contributed by atoms with E-state index in [0.29, 0.717) is 12.6 Å². The molecule has 4 nitrogen and oxygen atoms in total. The Morgan fingerprint density at radius 2 is 2.16 bits per heavy atom. The minimum Gasteiger partial charge on any atom is -0.324 e. The first kappa shape index (κ1) is 14.6. The van der Waals surface area contributed by atoms with Crippen molar-refractivity contribution in [3.05, 3.63) is 40.1 Å². The number of aromatic nitrogens is 3. The fourth-order valence-corrected chi connectivity index (χ4v) is 3.31. The van der Waals surface area contributed by atoms with E-state index in [1.807, 2.05) is 12.1 Å². The lowest BCUT2D eigenvalue weighted by molar-refractivity contribution is 0.526. The van der Waals surface area contributed by atoms with Gasteiger partial charge in [0.1, 0.15) is 5.82 Å². The van der Waals surface area contributed by atoms with E-state index in [4.69, 9.17) is 5.73 Å². The Hall–Kier alpha value is -0.850. The Morgan fingerprint density at radius 1 is 1.37 bits per heavy atom. The summed E-state index contributed by atoms with van der Waals surface area (Å²) in [5.41, 5.74) is 6.95. The van der Waals surface area contributed by atoms with Crippen molar-refractivity contribution in [3.63, 3.8) is 0 Å². The number of hydrogen-bond acceptors (Lipinski definition) is 4. The molecule has 0 atom stereocenters. The number of halogens is 1. The lowest BCUT2D eigenvalue weighted by Crippen LogP contribution is -2.11. The van der Waals surface area contributed by atoms with Crippen molar-refractivity contribution in [2.24, 2.45) is 5.73 Å². The molecule has 1 aromatic heterocycles. The van der Waals surface area contributed by atoms with Gasteiger partial charge in [0.2, 0.25) is 0 Å². The van der Waals surface area contributed by atoms with E-state index in [1.54, 1.807) is 11.8 Å². The van der Waals surface area contributed by atoms with E-state index >= 15 is 0 Å². The summed E-state index contributed by atoms with van der Waals surface area (Å²) in [6, 6.07) is 8.61. The minimum atomic E-state index is 0.318. The standard InChI is InChI=1S/C13H17BrN4S/c1-9(2)18-12(7-15)16-17-13(18)19-8-10-4-3-5-11(14)6-10/h3-6,9H,7-8,15H2,1-2H3. The maximum absolute atomic E-state index is 5.69. The third-order valence-electron chi connectivity index (χ3n) is 2.69. The quantitative estimate of drug-likeness (QED) is 0.847. The first-order chi connectivity index (χ1) is 9.11. The SMILES string of the molecule is CC(C)n1c(CN)nnc1SCc1cccc(Br)c1. The molecule has 102 valence electrons. The van der Waals surface area contributed by atoms with Crippen LogP contribution in [0.15, 0.2) is 33.9 Å². The molecule has 0 spiro atoms. The van der Waals surface area contributed by atoms with E-state index in [-0.39, 0.29) is 0 Å². The summed E-state index contributed by atoms with van der Waals surface area (Å²) < 4.78 is 3.20. The minimum absolute atomic E-state index is 0.318. The summed E-state index contributed by atoms with van der Waals surface area (Å²) >= 11 is 5.17. The van der Waals surface area contributed by atoms with Gasteiger partial charge in [-0.25, -0.2) is 0 Å². The summed E-state index contributed by atoms with van der Waals surface area (Å²) in [5.74, 6) is 1.71. The zero-order valence-corrected chi connectivity index (χ0v) is 13.4. The third-order valence-corrected chi connectivity index (χ3v) is 4.20. The third kappa shape index (κ3) is 3.58. The summed E-state index contributed by atoms with van der Waals surface area (Å²) in [7, 11) is 0. The first-order valence-corrected chi connectivity index (χ1v) is 7.90. The van der Waals surface area contributed by atoms with E-state index in [9.17, 15) is 0 Å². The van der Waals surface area contributed by atoms with E-state index in [0.717, 1.165) is 21.2 Å². The van der Waals surface area contributed by atoms with Gasteiger partial charge in [0.25, 0.3) is 0 Å². The maximum Gasteiger partial charge on any atom is 0.191 e. The van der Waals surface area contributed by atoms with Crippen molar-refractivity contribution in [1.29, 1.82) is 0 Å². The van der Waals surface area contributed by atoms with Gasteiger partial charge in [-0.2, -0.15) is 0 Å². The van der Waals surface area contributed by atoms with Crippen molar-refractivity contribution in [2.45, 2.75) is 37.3 Å². The molecule has 19 heavy (non-hydrogen) atoms. The largest absolute Gasteiger partial charge is 0.324 e. The highest BCUT2D eigenvalue weighted by Crippen LogP contribution is 2.25. The highest BCUT2D eigenvalue weighted by Gasteiger charge is 2.13. The lowest BCUT2D eigenvalue weighted by Gasteiger charge is -2.12. The number of nitrogens with zero attached hydrogens (tertiary/aromatic N) is 3. The molecule has 0 aliphatic rings. The topological polar surface area (TPSA) is 56.7 Å². The van der Waals surface area contributed by atoms with Crippen LogP contribution < -0.4 is 5.73 Å². The van der Waals surface area contributed by atoms with Crippen LogP contribution in [0.4, 0.5) is 0 Å². The highest BCUT2D eigenvalue weighted by molar-refractivity contribution is 9.10. The Kier molecular flexibility index (Phi) is 5.01. The van der Waals surface area contributed by atoms with Crippen LogP contribution in [0.3, 0.4) is 0 Å². The van der Waals surface area contributed by atoms with Crippen molar-refractivity contribution in [2.75, 3.05) is 0 Å². The molecule has 0 aliphatic carbocycles. The second-order valence-corrected chi connectivity index (χ2v) is 6.34. The number of benzene rings is 1.